The van der Waals surface area contributed by atoms with Crippen LogP contribution < -0.4 is 16.4 Å². The Bertz CT molecular complexity index is 744. The lowest BCUT2D eigenvalue weighted by Gasteiger charge is -2.12. The van der Waals surface area contributed by atoms with E-state index in [1.807, 2.05) is 0 Å². The third-order valence-corrected chi connectivity index (χ3v) is 3.62. The molecule has 1 aliphatic carbocycles. The van der Waals surface area contributed by atoms with Crippen LogP contribution in [-0.2, 0) is 4.79 Å². The summed E-state index contributed by atoms with van der Waals surface area (Å²) in [5.74, 6) is -0.558. The van der Waals surface area contributed by atoms with Crippen molar-refractivity contribution in [2.45, 2.75) is 25.2 Å². The van der Waals surface area contributed by atoms with Crippen LogP contribution in [0, 0.1) is 11.6 Å². The second-order valence-corrected chi connectivity index (χ2v) is 5.70. The first-order valence-electron chi connectivity index (χ1n) is 7.63. The van der Waals surface area contributed by atoms with Gasteiger partial charge in [0, 0.05) is 36.5 Å². The predicted octanol–water partition coefficient (Wildman–Crippen LogP) is 2.66. The summed E-state index contributed by atoms with van der Waals surface area (Å²) in [6, 6.07) is 3.10. The van der Waals surface area contributed by atoms with Crippen LogP contribution in [-0.4, -0.2) is 22.4 Å². The number of nitrogens with two attached hydrogens (primary N) is 1. The summed E-state index contributed by atoms with van der Waals surface area (Å²) >= 11 is 0. The highest BCUT2D eigenvalue weighted by Crippen LogP contribution is 2.42. The van der Waals surface area contributed by atoms with Gasteiger partial charge in [-0.15, -0.1) is 0 Å². The molecule has 6 nitrogen and oxygen atoms in total. The van der Waals surface area contributed by atoms with E-state index in [0.29, 0.717) is 18.3 Å². The molecule has 3 rings (SSSR count). The summed E-state index contributed by atoms with van der Waals surface area (Å²) in [6.07, 6.45) is 4.01. The van der Waals surface area contributed by atoms with Crippen molar-refractivity contribution < 1.29 is 13.6 Å². The van der Waals surface area contributed by atoms with E-state index < -0.39 is 17.5 Å². The molecule has 0 saturated heterocycles. The highest BCUT2D eigenvalue weighted by atomic mass is 19.1. The lowest BCUT2D eigenvalue weighted by Crippen LogP contribution is -2.17. The number of hydrogen-bond donors (Lipinski definition) is 3. The first-order valence-corrected chi connectivity index (χ1v) is 7.63. The van der Waals surface area contributed by atoms with E-state index in [2.05, 4.69) is 20.6 Å². The average molecular weight is 333 g/mol. The topological polar surface area (TPSA) is 92.9 Å². The van der Waals surface area contributed by atoms with E-state index in [9.17, 15) is 13.6 Å². The molecular weight excluding hydrogens is 316 g/mol. The summed E-state index contributed by atoms with van der Waals surface area (Å²) in [4.78, 5) is 19.4. The lowest BCUT2D eigenvalue weighted by molar-refractivity contribution is -0.117. The lowest BCUT2D eigenvalue weighted by atomic mass is 10.2. The zero-order valence-corrected chi connectivity index (χ0v) is 12.9. The van der Waals surface area contributed by atoms with Gasteiger partial charge in [-0.1, -0.05) is 0 Å². The predicted molar refractivity (Wildman–Crippen MR) is 85.9 cm³/mol. The van der Waals surface area contributed by atoms with Gasteiger partial charge in [0.15, 0.2) is 0 Å². The molecule has 1 aliphatic rings. The van der Waals surface area contributed by atoms with Crippen molar-refractivity contribution in [3.05, 3.63) is 41.6 Å². The van der Waals surface area contributed by atoms with Gasteiger partial charge in [0.2, 0.25) is 11.9 Å². The Morgan fingerprint density at radius 2 is 1.96 bits per heavy atom. The Balaban J connectivity index is 1.79. The Labute approximate surface area is 137 Å². The molecule has 24 heavy (non-hydrogen) atoms. The maximum absolute atomic E-state index is 13.3. The summed E-state index contributed by atoms with van der Waals surface area (Å²) in [6.45, 7) is 0.361. The van der Waals surface area contributed by atoms with Crippen LogP contribution in [0.1, 0.15) is 30.7 Å². The molecule has 1 fully saturated rings. The number of primary amides is 1. The molecule has 2 aromatic rings. The zero-order chi connectivity index (χ0) is 17.1. The first kappa shape index (κ1) is 16.1. The molecule has 4 N–H and O–H groups in total. The maximum Gasteiger partial charge on any atom is 0.229 e. The molecule has 0 radical (unpaired) electrons. The number of nitrogens with one attached hydrogen (secondary N) is 2. The van der Waals surface area contributed by atoms with Gasteiger partial charge >= 0.3 is 0 Å². The molecule has 0 bridgehead atoms. The van der Waals surface area contributed by atoms with Gasteiger partial charge in [0.25, 0.3) is 0 Å². The van der Waals surface area contributed by atoms with Gasteiger partial charge in [0.1, 0.15) is 17.5 Å². The molecule has 1 amide bonds. The van der Waals surface area contributed by atoms with Crippen molar-refractivity contribution in [1.29, 1.82) is 0 Å². The largest absolute Gasteiger partial charge is 0.370 e. The molecule has 126 valence electrons. The number of hydrogen-bond acceptors (Lipinski definition) is 5. The van der Waals surface area contributed by atoms with Crippen molar-refractivity contribution in [2.75, 3.05) is 17.2 Å². The smallest absolute Gasteiger partial charge is 0.229 e. The Morgan fingerprint density at radius 3 is 2.58 bits per heavy atom. The van der Waals surface area contributed by atoms with Crippen LogP contribution in [0.5, 0.6) is 0 Å². The molecular formula is C16H17F2N5O. The quantitative estimate of drug-likeness (QED) is 0.724. The Kier molecular flexibility index (Phi) is 4.54. The molecule has 0 unspecified atom stereocenters. The van der Waals surface area contributed by atoms with Gasteiger partial charge in [-0.25, -0.2) is 13.8 Å². The minimum Gasteiger partial charge on any atom is -0.370 e. The minimum absolute atomic E-state index is 0.186. The number of benzene rings is 1. The summed E-state index contributed by atoms with van der Waals surface area (Å²) in [5, 5.41) is 5.85. The molecule has 8 heteroatoms. The van der Waals surface area contributed by atoms with E-state index in [1.54, 1.807) is 6.20 Å². The number of carbonyl (C=O) groups excluding carboxylic acids is 1. The monoisotopic (exact) mass is 333 g/mol. The molecule has 0 spiro atoms. The van der Waals surface area contributed by atoms with E-state index in [0.717, 1.165) is 36.6 Å². The van der Waals surface area contributed by atoms with Crippen LogP contribution >= 0.6 is 0 Å². The zero-order valence-electron chi connectivity index (χ0n) is 12.9. The normalized spacial score (nSPS) is 13.6. The Morgan fingerprint density at radius 1 is 1.25 bits per heavy atom. The molecule has 1 saturated carbocycles. The fourth-order valence-electron chi connectivity index (χ4n) is 2.35. The maximum atomic E-state index is 13.3. The second-order valence-electron chi connectivity index (χ2n) is 5.70. The SMILES string of the molecule is NC(=O)CCNc1nc(Nc2cc(F)cc(F)c2)ncc1C1CC1. The second kappa shape index (κ2) is 6.77. The fourth-order valence-corrected chi connectivity index (χ4v) is 2.35. The van der Waals surface area contributed by atoms with Gasteiger partial charge in [-0.05, 0) is 30.9 Å². The number of aromatic nitrogens is 2. The van der Waals surface area contributed by atoms with E-state index in [1.165, 1.54) is 0 Å². The highest BCUT2D eigenvalue weighted by Gasteiger charge is 2.27. The van der Waals surface area contributed by atoms with E-state index in [4.69, 9.17) is 5.73 Å². The highest BCUT2D eigenvalue weighted by molar-refractivity contribution is 5.74. The number of nitrogens with zero attached hydrogens (tertiary/aromatic N) is 2. The van der Waals surface area contributed by atoms with Gasteiger partial charge in [0.05, 0.1) is 0 Å². The number of halogens is 2. The summed E-state index contributed by atoms with van der Waals surface area (Å²) in [5.41, 5.74) is 6.32. The number of amides is 1. The first-order chi connectivity index (χ1) is 11.5. The standard InChI is InChI=1S/C16H17F2N5O/c17-10-5-11(18)7-12(6-10)22-16-21-8-13(9-1-2-9)15(23-16)20-4-3-14(19)24/h5-9H,1-4H2,(H2,19,24)(H2,20,21,22,23). The number of rotatable bonds is 7. The van der Waals surface area contributed by atoms with Crippen LogP contribution in [0.2, 0.25) is 0 Å². The molecule has 1 aromatic heterocycles. The van der Waals surface area contributed by atoms with Crippen LogP contribution in [0.3, 0.4) is 0 Å². The third kappa shape index (κ3) is 4.15. The number of anilines is 3. The van der Waals surface area contributed by atoms with Crippen LogP contribution in [0.4, 0.5) is 26.2 Å². The van der Waals surface area contributed by atoms with Crippen LogP contribution in [0.25, 0.3) is 0 Å². The van der Waals surface area contributed by atoms with Crippen molar-refractivity contribution in [3.8, 4) is 0 Å². The molecule has 0 aliphatic heterocycles. The molecule has 1 aromatic carbocycles. The van der Waals surface area contributed by atoms with Crippen LogP contribution in [0.15, 0.2) is 24.4 Å². The van der Waals surface area contributed by atoms with Crippen molar-refractivity contribution >= 4 is 23.4 Å². The van der Waals surface area contributed by atoms with Gasteiger partial charge in [-0.3, -0.25) is 4.79 Å². The Hall–Kier alpha value is -2.77. The van der Waals surface area contributed by atoms with E-state index in [-0.39, 0.29) is 18.1 Å². The van der Waals surface area contributed by atoms with Crippen molar-refractivity contribution in [1.82, 2.24) is 9.97 Å². The molecule has 0 atom stereocenters. The van der Waals surface area contributed by atoms with Crippen molar-refractivity contribution in [2.24, 2.45) is 5.73 Å². The summed E-state index contributed by atoms with van der Waals surface area (Å²) < 4.78 is 26.5. The van der Waals surface area contributed by atoms with E-state index >= 15 is 0 Å². The average Bonchev–Trinajstić information content (AvgIpc) is 3.30. The fraction of sp³-hybridized carbons (Fsp3) is 0.312. The van der Waals surface area contributed by atoms with Gasteiger partial charge in [-0.2, -0.15) is 4.98 Å². The summed E-state index contributed by atoms with van der Waals surface area (Å²) in [7, 11) is 0. The van der Waals surface area contributed by atoms with Gasteiger partial charge < -0.3 is 16.4 Å². The third-order valence-electron chi connectivity index (χ3n) is 3.62. The van der Waals surface area contributed by atoms with Crippen molar-refractivity contribution in [3.63, 3.8) is 0 Å². The number of carbonyl (C=O) groups is 1. The molecule has 1 heterocycles. The minimum atomic E-state index is -0.688.